The van der Waals surface area contributed by atoms with E-state index in [9.17, 15) is 9.90 Å². The molecule has 2 aromatic carbocycles. The number of carbonyl (C=O) groups excluding carboxylic acids is 1. The standard InChI is InChI=1S/C22H22BrN3O2/c1-14-9-10-19(12-20(14)23)26-15(2)11-18(16(26)3)13-24-25-22(28)21(27)17-7-5-4-6-8-17/h4-13,21,27H,1-3H3,(H,25,28). The Morgan fingerprint density at radius 2 is 1.86 bits per heavy atom. The number of halogens is 1. The van der Waals surface area contributed by atoms with Gasteiger partial charge in [0.15, 0.2) is 6.10 Å². The Bertz CT molecular complexity index is 1030. The van der Waals surface area contributed by atoms with Crippen LogP contribution in [-0.4, -0.2) is 21.8 Å². The van der Waals surface area contributed by atoms with E-state index in [1.807, 2.05) is 32.9 Å². The average Bonchev–Trinajstić information content (AvgIpc) is 2.97. The normalized spacial score (nSPS) is 12.3. The van der Waals surface area contributed by atoms with Gasteiger partial charge in [-0.25, -0.2) is 5.43 Å². The molecule has 0 aliphatic carbocycles. The predicted molar refractivity (Wildman–Crippen MR) is 115 cm³/mol. The summed E-state index contributed by atoms with van der Waals surface area (Å²) in [6, 6.07) is 17.0. The van der Waals surface area contributed by atoms with Crippen LogP contribution in [0.5, 0.6) is 0 Å². The topological polar surface area (TPSA) is 66.6 Å². The van der Waals surface area contributed by atoms with Crippen LogP contribution in [0.25, 0.3) is 5.69 Å². The van der Waals surface area contributed by atoms with Gasteiger partial charge in [-0.2, -0.15) is 5.10 Å². The molecule has 0 fully saturated rings. The molecule has 3 rings (SSSR count). The van der Waals surface area contributed by atoms with Gasteiger partial charge in [0, 0.05) is 27.1 Å². The maximum Gasteiger partial charge on any atom is 0.273 e. The number of benzene rings is 2. The first-order valence-corrected chi connectivity index (χ1v) is 9.69. The number of rotatable bonds is 5. The largest absolute Gasteiger partial charge is 0.378 e. The molecular weight excluding hydrogens is 418 g/mol. The number of aliphatic hydroxyl groups excluding tert-OH is 1. The quantitative estimate of drug-likeness (QED) is 0.458. The highest BCUT2D eigenvalue weighted by molar-refractivity contribution is 9.10. The summed E-state index contributed by atoms with van der Waals surface area (Å²) in [5, 5.41) is 14.1. The van der Waals surface area contributed by atoms with Gasteiger partial charge in [-0.05, 0) is 50.1 Å². The third-order valence-electron chi connectivity index (χ3n) is 4.63. The highest BCUT2D eigenvalue weighted by atomic mass is 79.9. The summed E-state index contributed by atoms with van der Waals surface area (Å²) in [4.78, 5) is 12.1. The number of carbonyl (C=O) groups is 1. The summed E-state index contributed by atoms with van der Waals surface area (Å²) < 4.78 is 3.18. The van der Waals surface area contributed by atoms with Crippen LogP contribution in [0, 0.1) is 20.8 Å². The van der Waals surface area contributed by atoms with Crippen molar-refractivity contribution in [3.05, 3.63) is 87.1 Å². The molecule has 3 aromatic rings. The van der Waals surface area contributed by atoms with E-state index >= 15 is 0 Å². The highest BCUT2D eigenvalue weighted by Crippen LogP contribution is 2.24. The van der Waals surface area contributed by atoms with E-state index in [1.165, 1.54) is 5.56 Å². The zero-order chi connectivity index (χ0) is 20.3. The molecule has 1 aromatic heterocycles. The van der Waals surface area contributed by atoms with Crippen LogP contribution in [0.1, 0.15) is 34.2 Å². The summed E-state index contributed by atoms with van der Waals surface area (Å²) in [5.41, 5.74) is 8.12. The number of hydrogen-bond donors (Lipinski definition) is 2. The van der Waals surface area contributed by atoms with Gasteiger partial charge >= 0.3 is 0 Å². The number of aromatic nitrogens is 1. The Morgan fingerprint density at radius 3 is 2.54 bits per heavy atom. The van der Waals surface area contributed by atoms with E-state index < -0.39 is 12.0 Å². The molecular formula is C22H22BrN3O2. The monoisotopic (exact) mass is 439 g/mol. The van der Waals surface area contributed by atoms with Crippen molar-refractivity contribution < 1.29 is 9.90 Å². The molecule has 0 saturated carbocycles. The number of amides is 1. The number of nitrogens with zero attached hydrogens (tertiary/aromatic N) is 2. The molecule has 144 valence electrons. The molecule has 0 bridgehead atoms. The molecule has 0 saturated heterocycles. The Hall–Kier alpha value is -2.70. The molecule has 0 spiro atoms. The zero-order valence-electron chi connectivity index (χ0n) is 16.0. The fourth-order valence-corrected chi connectivity index (χ4v) is 3.42. The lowest BCUT2D eigenvalue weighted by atomic mass is 10.1. The second kappa shape index (κ2) is 8.54. The predicted octanol–water partition coefficient (Wildman–Crippen LogP) is 4.35. The lowest BCUT2D eigenvalue weighted by Crippen LogP contribution is -2.25. The number of aryl methyl sites for hydroxylation is 2. The van der Waals surface area contributed by atoms with Crippen LogP contribution in [0.15, 0.2) is 64.2 Å². The number of hydrogen-bond acceptors (Lipinski definition) is 3. The van der Waals surface area contributed by atoms with E-state index in [0.29, 0.717) is 5.56 Å². The Balaban J connectivity index is 1.76. The van der Waals surface area contributed by atoms with Gasteiger partial charge in [-0.3, -0.25) is 4.79 Å². The van der Waals surface area contributed by atoms with Gasteiger partial charge in [0.2, 0.25) is 0 Å². The van der Waals surface area contributed by atoms with Crippen LogP contribution in [0.2, 0.25) is 0 Å². The van der Waals surface area contributed by atoms with E-state index in [4.69, 9.17) is 0 Å². The van der Waals surface area contributed by atoms with Crippen molar-refractivity contribution in [3.63, 3.8) is 0 Å². The van der Waals surface area contributed by atoms with E-state index in [0.717, 1.165) is 27.1 Å². The molecule has 6 heteroatoms. The molecule has 1 amide bonds. The minimum Gasteiger partial charge on any atom is -0.378 e. The first kappa shape index (κ1) is 20.0. The number of nitrogens with one attached hydrogen (secondary N) is 1. The molecule has 1 heterocycles. The van der Waals surface area contributed by atoms with Crippen molar-refractivity contribution in [2.45, 2.75) is 26.9 Å². The lowest BCUT2D eigenvalue weighted by molar-refractivity contribution is -0.129. The molecule has 28 heavy (non-hydrogen) atoms. The summed E-state index contributed by atoms with van der Waals surface area (Å²) in [5.74, 6) is -0.571. The lowest BCUT2D eigenvalue weighted by Gasteiger charge is -2.11. The second-order valence-electron chi connectivity index (χ2n) is 6.64. The fraction of sp³-hybridized carbons (Fsp3) is 0.182. The minimum atomic E-state index is -1.25. The zero-order valence-corrected chi connectivity index (χ0v) is 17.6. The summed E-state index contributed by atoms with van der Waals surface area (Å²) in [6.07, 6.45) is 0.341. The maximum atomic E-state index is 12.1. The fourth-order valence-electron chi connectivity index (χ4n) is 3.05. The van der Waals surface area contributed by atoms with Crippen LogP contribution in [0.3, 0.4) is 0 Å². The van der Waals surface area contributed by atoms with Gasteiger partial charge in [0.1, 0.15) is 0 Å². The van der Waals surface area contributed by atoms with Gasteiger partial charge in [0.05, 0.1) is 6.21 Å². The van der Waals surface area contributed by atoms with E-state index in [-0.39, 0.29) is 0 Å². The van der Waals surface area contributed by atoms with Crippen LogP contribution in [-0.2, 0) is 4.79 Å². The van der Waals surface area contributed by atoms with Crippen LogP contribution >= 0.6 is 15.9 Å². The molecule has 0 aliphatic heterocycles. The van der Waals surface area contributed by atoms with Gasteiger partial charge < -0.3 is 9.67 Å². The van der Waals surface area contributed by atoms with Gasteiger partial charge in [-0.15, -0.1) is 0 Å². The smallest absolute Gasteiger partial charge is 0.273 e. The molecule has 1 unspecified atom stereocenters. The van der Waals surface area contributed by atoms with Crippen molar-refractivity contribution >= 4 is 28.1 Å². The first-order valence-electron chi connectivity index (χ1n) is 8.90. The van der Waals surface area contributed by atoms with Crippen molar-refractivity contribution in [2.75, 3.05) is 0 Å². The third kappa shape index (κ3) is 4.24. The molecule has 5 nitrogen and oxygen atoms in total. The first-order chi connectivity index (χ1) is 13.4. The van der Waals surface area contributed by atoms with E-state index in [1.54, 1.807) is 30.5 Å². The van der Waals surface area contributed by atoms with Gasteiger partial charge in [-0.1, -0.05) is 52.3 Å². The summed E-state index contributed by atoms with van der Waals surface area (Å²) >= 11 is 3.58. The molecule has 0 aliphatic rings. The minimum absolute atomic E-state index is 0.526. The second-order valence-corrected chi connectivity index (χ2v) is 7.50. The average molecular weight is 440 g/mol. The van der Waals surface area contributed by atoms with Crippen molar-refractivity contribution in [1.29, 1.82) is 0 Å². The Morgan fingerprint density at radius 1 is 1.14 bits per heavy atom. The van der Waals surface area contributed by atoms with Crippen LogP contribution in [0.4, 0.5) is 0 Å². The SMILES string of the molecule is Cc1ccc(-n2c(C)cc(C=NNC(=O)C(O)c3ccccc3)c2C)cc1Br. The molecule has 1 atom stereocenters. The highest BCUT2D eigenvalue weighted by Gasteiger charge is 2.16. The van der Waals surface area contributed by atoms with Crippen molar-refractivity contribution in [2.24, 2.45) is 5.10 Å². The van der Waals surface area contributed by atoms with E-state index in [2.05, 4.69) is 49.2 Å². The van der Waals surface area contributed by atoms with Crippen LogP contribution < -0.4 is 5.43 Å². The number of aliphatic hydroxyl groups is 1. The number of hydrazone groups is 1. The Kier molecular flexibility index (Phi) is 6.11. The van der Waals surface area contributed by atoms with Crippen molar-refractivity contribution in [1.82, 2.24) is 9.99 Å². The molecule has 2 N–H and O–H groups in total. The molecule has 0 radical (unpaired) electrons. The third-order valence-corrected chi connectivity index (χ3v) is 5.48. The van der Waals surface area contributed by atoms with Crippen molar-refractivity contribution in [3.8, 4) is 5.69 Å². The summed E-state index contributed by atoms with van der Waals surface area (Å²) in [6.45, 7) is 6.08. The maximum absolute atomic E-state index is 12.1. The summed E-state index contributed by atoms with van der Waals surface area (Å²) in [7, 11) is 0. The van der Waals surface area contributed by atoms with Gasteiger partial charge in [0.25, 0.3) is 5.91 Å². The Labute approximate surface area is 172 Å².